The van der Waals surface area contributed by atoms with Gasteiger partial charge >= 0.3 is 5.97 Å². The van der Waals surface area contributed by atoms with E-state index in [4.69, 9.17) is 0 Å². The van der Waals surface area contributed by atoms with Gasteiger partial charge in [0, 0.05) is 6.42 Å². The average molecular weight is 357 g/mol. The minimum absolute atomic E-state index is 0.261. The van der Waals surface area contributed by atoms with Crippen LogP contribution in [0.5, 0.6) is 0 Å². The number of unbranched alkanes of at least 4 members (excludes halogenated alkanes) is 5. The molecule has 0 amide bonds. The number of rotatable bonds is 11. The highest BCUT2D eigenvalue weighted by Crippen LogP contribution is 2.10. The largest absolute Gasteiger partial charge is 0.469 e. The Labute approximate surface area is 157 Å². The molecule has 0 aliphatic heterocycles. The number of ether oxygens (including phenoxy) is 1. The Kier molecular flexibility index (Phi) is 11.9. The number of esters is 1. The van der Waals surface area contributed by atoms with Crippen LogP contribution in [0, 0.1) is 11.8 Å². The number of aliphatic hydroxyl groups is 1. The fourth-order valence-corrected chi connectivity index (χ4v) is 2.47. The molecule has 0 bridgehead atoms. The Bertz CT molecular complexity index is 613. The van der Waals surface area contributed by atoms with Crippen molar-refractivity contribution in [2.45, 2.75) is 70.8 Å². The minimum atomic E-state index is -0.433. The zero-order chi connectivity index (χ0) is 19.0. The van der Waals surface area contributed by atoms with Crippen molar-refractivity contribution in [3.8, 4) is 11.8 Å². The maximum atomic E-state index is 11.0. The molecule has 1 atom stereocenters. The lowest BCUT2D eigenvalue weighted by Gasteiger charge is -2.05. The topological polar surface area (TPSA) is 59.4 Å². The first-order chi connectivity index (χ1) is 12.7. The molecule has 0 aliphatic carbocycles. The number of methoxy groups -OCH3 is 1. The third-order valence-electron chi connectivity index (χ3n) is 4.01. The van der Waals surface area contributed by atoms with Crippen LogP contribution in [0.3, 0.4) is 0 Å². The van der Waals surface area contributed by atoms with Crippen molar-refractivity contribution in [1.29, 1.82) is 0 Å². The number of aromatic nitrogens is 1. The number of pyridine rings is 1. The molecule has 1 rings (SSSR count). The molecule has 0 radical (unpaired) electrons. The zero-order valence-corrected chi connectivity index (χ0v) is 16.0. The maximum absolute atomic E-state index is 11.0. The van der Waals surface area contributed by atoms with E-state index < -0.39 is 6.10 Å². The normalized spacial score (nSPS) is 11.8. The van der Waals surface area contributed by atoms with Crippen LogP contribution in [0.25, 0.3) is 6.08 Å². The molecule has 0 aliphatic rings. The third kappa shape index (κ3) is 10.7. The van der Waals surface area contributed by atoms with Crippen LogP contribution in [-0.2, 0) is 9.53 Å². The zero-order valence-electron chi connectivity index (χ0n) is 16.0. The smallest absolute Gasteiger partial charge is 0.306 e. The number of hydrogen-bond acceptors (Lipinski definition) is 4. The molecular weight excluding hydrogens is 326 g/mol. The van der Waals surface area contributed by atoms with E-state index in [1.165, 1.54) is 39.2 Å². The van der Waals surface area contributed by atoms with Gasteiger partial charge in [-0.15, -0.1) is 0 Å². The van der Waals surface area contributed by atoms with Crippen molar-refractivity contribution < 1.29 is 14.6 Å². The summed E-state index contributed by atoms with van der Waals surface area (Å²) in [5.74, 6) is 5.61. The molecule has 0 spiro atoms. The van der Waals surface area contributed by atoms with Crippen molar-refractivity contribution in [3.05, 3.63) is 35.7 Å². The van der Waals surface area contributed by atoms with Gasteiger partial charge in [-0.2, -0.15) is 0 Å². The molecule has 4 nitrogen and oxygen atoms in total. The lowest BCUT2D eigenvalue weighted by atomic mass is 10.1. The number of carbonyl (C=O) groups excluding carboxylic acids is 1. The highest BCUT2D eigenvalue weighted by molar-refractivity contribution is 5.69. The standard InChI is InChI=1S/C22H31NO3/c1-3-4-5-6-7-8-15-21(24)18-17-20-14-11-13-19(23-20)12-9-10-16-22(25)26-2/h11,13-14,17-18,21,24H,3-8,10,15-16H2,1-2H3/b18-17+. The Morgan fingerprint density at radius 1 is 1.27 bits per heavy atom. The van der Waals surface area contributed by atoms with E-state index in [1.807, 2.05) is 24.3 Å². The second-order valence-corrected chi connectivity index (χ2v) is 6.31. The van der Waals surface area contributed by atoms with Gasteiger partial charge in [0.15, 0.2) is 0 Å². The van der Waals surface area contributed by atoms with Gasteiger partial charge < -0.3 is 9.84 Å². The quantitative estimate of drug-likeness (QED) is 0.360. The molecular formula is C22H31NO3. The average Bonchev–Trinajstić information content (AvgIpc) is 2.66. The molecule has 1 aromatic heterocycles. The van der Waals surface area contributed by atoms with Gasteiger partial charge in [0.05, 0.1) is 25.3 Å². The van der Waals surface area contributed by atoms with Gasteiger partial charge in [-0.25, -0.2) is 4.98 Å². The van der Waals surface area contributed by atoms with Crippen molar-refractivity contribution in [2.75, 3.05) is 7.11 Å². The van der Waals surface area contributed by atoms with Crippen molar-refractivity contribution in [3.63, 3.8) is 0 Å². The molecule has 142 valence electrons. The summed E-state index contributed by atoms with van der Waals surface area (Å²) < 4.78 is 4.57. The van der Waals surface area contributed by atoms with Crippen LogP contribution in [-0.4, -0.2) is 29.3 Å². The van der Waals surface area contributed by atoms with Gasteiger partial charge in [-0.3, -0.25) is 4.79 Å². The van der Waals surface area contributed by atoms with Crippen molar-refractivity contribution in [2.24, 2.45) is 0 Å². The Balaban J connectivity index is 2.38. The van der Waals surface area contributed by atoms with E-state index in [-0.39, 0.29) is 12.4 Å². The number of aliphatic hydroxyl groups excluding tert-OH is 1. The Morgan fingerprint density at radius 3 is 2.81 bits per heavy atom. The second-order valence-electron chi connectivity index (χ2n) is 6.31. The number of hydrogen-bond donors (Lipinski definition) is 1. The lowest BCUT2D eigenvalue weighted by molar-refractivity contribution is -0.140. The SMILES string of the molecule is CCCCCCCCC(O)/C=C/c1cccc(C#CCCC(=O)OC)n1. The number of nitrogens with zero attached hydrogens (tertiary/aromatic N) is 1. The Morgan fingerprint density at radius 2 is 2.04 bits per heavy atom. The van der Waals surface area contributed by atoms with Crippen molar-refractivity contribution in [1.82, 2.24) is 4.98 Å². The van der Waals surface area contributed by atoms with Crippen molar-refractivity contribution >= 4 is 12.0 Å². The summed E-state index contributed by atoms with van der Waals surface area (Å²) in [5, 5.41) is 10.0. The molecule has 0 fully saturated rings. The third-order valence-corrected chi connectivity index (χ3v) is 4.01. The first kappa shape index (κ1) is 21.9. The summed E-state index contributed by atoms with van der Waals surface area (Å²) in [6, 6.07) is 5.60. The fraction of sp³-hybridized carbons (Fsp3) is 0.545. The van der Waals surface area contributed by atoms with E-state index in [2.05, 4.69) is 28.5 Å². The fourth-order valence-electron chi connectivity index (χ4n) is 2.47. The van der Waals surface area contributed by atoms with E-state index >= 15 is 0 Å². The van der Waals surface area contributed by atoms with Gasteiger partial charge in [-0.1, -0.05) is 63.5 Å². The van der Waals surface area contributed by atoms with Gasteiger partial charge in [0.1, 0.15) is 5.69 Å². The summed E-state index contributed by atoms with van der Waals surface area (Å²) in [5.41, 5.74) is 1.43. The van der Waals surface area contributed by atoms with Crippen LogP contribution >= 0.6 is 0 Å². The molecule has 4 heteroatoms. The minimum Gasteiger partial charge on any atom is -0.469 e. The van der Waals surface area contributed by atoms with Crippen LogP contribution in [0.15, 0.2) is 24.3 Å². The maximum Gasteiger partial charge on any atom is 0.306 e. The lowest BCUT2D eigenvalue weighted by Crippen LogP contribution is -2.01. The van der Waals surface area contributed by atoms with Crippen LogP contribution in [0.1, 0.15) is 76.1 Å². The van der Waals surface area contributed by atoms with Crippen LogP contribution in [0.4, 0.5) is 0 Å². The van der Waals surface area contributed by atoms with Crippen LogP contribution < -0.4 is 0 Å². The van der Waals surface area contributed by atoms with Gasteiger partial charge in [0.2, 0.25) is 0 Å². The van der Waals surface area contributed by atoms with Crippen LogP contribution in [0.2, 0.25) is 0 Å². The molecule has 0 saturated carbocycles. The summed E-state index contributed by atoms with van der Waals surface area (Å²) in [6.07, 6.45) is 12.1. The summed E-state index contributed by atoms with van der Waals surface area (Å²) in [7, 11) is 1.37. The monoisotopic (exact) mass is 357 g/mol. The van der Waals surface area contributed by atoms with E-state index in [1.54, 1.807) is 6.08 Å². The second kappa shape index (κ2) is 14.1. The number of carbonyl (C=O) groups is 1. The van der Waals surface area contributed by atoms with E-state index in [0.29, 0.717) is 12.1 Å². The molecule has 1 heterocycles. The molecule has 0 saturated heterocycles. The highest BCUT2D eigenvalue weighted by atomic mass is 16.5. The molecule has 26 heavy (non-hydrogen) atoms. The summed E-state index contributed by atoms with van der Waals surface area (Å²) in [6.45, 7) is 2.21. The molecule has 1 unspecified atom stereocenters. The van der Waals surface area contributed by atoms with E-state index in [9.17, 15) is 9.90 Å². The van der Waals surface area contributed by atoms with Gasteiger partial charge in [-0.05, 0) is 30.6 Å². The predicted molar refractivity (Wildman–Crippen MR) is 105 cm³/mol. The van der Waals surface area contributed by atoms with Gasteiger partial charge in [0.25, 0.3) is 0 Å². The molecule has 1 aromatic rings. The molecule has 1 N–H and O–H groups in total. The summed E-state index contributed by atoms with van der Waals surface area (Å²) in [4.78, 5) is 15.5. The highest BCUT2D eigenvalue weighted by Gasteiger charge is 2.00. The van der Waals surface area contributed by atoms with E-state index in [0.717, 1.165) is 18.5 Å². The predicted octanol–water partition coefficient (Wildman–Crippen LogP) is 4.51. The Hall–Kier alpha value is -2.12. The summed E-state index contributed by atoms with van der Waals surface area (Å²) >= 11 is 0. The first-order valence-corrected chi connectivity index (χ1v) is 9.54. The first-order valence-electron chi connectivity index (χ1n) is 9.54. The molecule has 0 aromatic carbocycles.